The molecule has 0 saturated carbocycles. The monoisotopic (exact) mass is 369 g/mol. The number of nitrogens with two attached hydrogens (primary N) is 1. The van der Waals surface area contributed by atoms with Gasteiger partial charge in [-0.1, -0.05) is 18.2 Å². The standard InChI is InChI=1S/C20H23N3O2S/c1-14-17(20(25)23-9-11-26-12-10-23)3-2-4-18(14)22-19(24)13-15-5-7-16(21)8-6-15/h2-8H,9-13,21H2,1H3,(H,22,24). The molecule has 0 radical (unpaired) electrons. The summed E-state index contributed by atoms with van der Waals surface area (Å²) in [5.74, 6) is 1.88. The topological polar surface area (TPSA) is 75.4 Å². The van der Waals surface area contributed by atoms with Crippen molar-refractivity contribution in [3.8, 4) is 0 Å². The third-order valence-electron chi connectivity index (χ3n) is 4.48. The average Bonchev–Trinajstić information content (AvgIpc) is 2.65. The van der Waals surface area contributed by atoms with Gasteiger partial charge in [-0.2, -0.15) is 11.8 Å². The van der Waals surface area contributed by atoms with E-state index in [1.807, 2.05) is 53.9 Å². The van der Waals surface area contributed by atoms with E-state index < -0.39 is 0 Å². The molecule has 6 heteroatoms. The lowest BCUT2D eigenvalue weighted by molar-refractivity contribution is -0.115. The first-order valence-electron chi connectivity index (χ1n) is 8.65. The maximum absolute atomic E-state index is 12.8. The molecule has 1 saturated heterocycles. The zero-order valence-corrected chi connectivity index (χ0v) is 15.6. The number of nitrogens with zero attached hydrogens (tertiary/aromatic N) is 1. The Labute approximate surface area is 157 Å². The van der Waals surface area contributed by atoms with Crippen LogP contribution in [0.2, 0.25) is 0 Å². The number of hydrogen-bond donors (Lipinski definition) is 2. The summed E-state index contributed by atoms with van der Waals surface area (Å²) < 4.78 is 0. The molecule has 5 nitrogen and oxygen atoms in total. The quantitative estimate of drug-likeness (QED) is 0.813. The number of carbonyl (C=O) groups excluding carboxylic acids is 2. The van der Waals surface area contributed by atoms with Crippen LogP contribution in [0.15, 0.2) is 42.5 Å². The summed E-state index contributed by atoms with van der Waals surface area (Å²) in [6, 6.07) is 12.7. The van der Waals surface area contributed by atoms with Crippen LogP contribution in [0.5, 0.6) is 0 Å². The van der Waals surface area contributed by atoms with E-state index in [-0.39, 0.29) is 18.2 Å². The first kappa shape index (κ1) is 18.3. The summed E-state index contributed by atoms with van der Waals surface area (Å²) in [7, 11) is 0. The van der Waals surface area contributed by atoms with Gasteiger partial charge in [-0.15, -0.1) is 0 Å². The highest BCUT2D eigenvalue weighted by Gasteiger charge is 2.21. The Bertz CT molecular complexity index is 799. The van der Waals surface area contributed by atoms with Gasteiger partial charge in [-0.05, 0) is 42.3 Å². The molecule has 1 aliphatic heterocycles. The highest BCUT2D eigenvalue weighted by atomic mass is 32.2. The Balaban J connectivity index is 1.71. The highest BCUT2D eigenvalue weighted by molar-refractivity contribution is 7.99. The molecular formula is C20H23N3O2S. The molecule has 26 heavy (non-hydrogen) atoms. The molecular weight excluding hydrogens is 346 g/mol. The van der Waals surface area contributed by atoms with E-state index in [4.69, 9.17) is 5.73 Å². The molecule has 1 heterocycles. The summed E-state index contributed by atoms with van der Waals surface area (Å²) in [5.41, 5.74) is 9.38. The van der Waals surface area contributed by atoms with Crippen molar-refractivity contribution in [3.63, 3.8) is 0 Å². The summed E-state index contributed by atoms with van der Waals surface area (Å²) in [5, 5.41) is 2.93. The molecule has 0 bridgehead atoms. The van der Waals surface area contributed by atoms with E-state index in [2.05, 4.69) is 5.32 Å². The van der Waals surface area contributed by atoms with Crippen LogP contribution in [0.3, 0.4) is 0 Å². The van der Waals surface area contributed by atoms with Gasteiger partial charge < -0.3 is 16.0 Å². The first-order chi connectivity index (χ1) is 12.5. The van der Waals surface area contributed by atoms with E-state index in [0.717, 1.165) is 35.7 Å². The minimum absolute atomic E-state index is 0.0393. The largest absolute Gasteiger partial charge is 0.399 e. The van der Waals surface area contributed by atoms with Gasteiger partial charge in [0.25, 0.3) is 5.91 Å². The molecule has 2 aromatic carbocycles. The lowest BCUT2D eigenvalue weighted by atomic mass is 10.0. The van der Waals surface area contributed by atoms with Crippen LogP contribution in [0.1, 0.15) is 21.5 Å². The third-order valence-corrected chi connectivity index (χ3v) is 5.42. The van der Waals surface area contributed by atoms with Crippen molar-refractivity contribution >= 4 is 35.0 Å². The van der Waals surface area contributed by atoms with Crippen molar-refractivity contribution in [2.75, 3.05) is 35.6 Å². The molecule has 3 N–H and O–H groups in total. The van der Waals surface area contributed by atoms with Crippen LogP contribution in [0, 0.1) is 6.92 Å². The molecule has 0 aliphatic carbocycles. The van der Waals surface area contributed by atoms with Gasteiger partial charge in [0.1, 0.15) is 0 Å². The zero-order valence-electron chi connectivity index (χ0n) is 14.8. The first-order valence-corrected chi connectivity index (χ1v) is 9.81. The number of anilines is 2. The second-order valence-corrected chi connectivity index (χ2v) is 7.57. The smallest absolute Gasteiger partial charge is 0.254 e. The number of hydrogen-bond acceptors (Lipinski definition) is 4. The fourth-order valence-electron chi connectivity index (χ4n) is 2.95. The van der Waals surface area contributed by atoms with E-state index in [0.29, 0.717) is 16.9 Å². The molecule has 0 aromatic heterocycles. The Morgan fingerprint density at radius 3 is 2.50 bits per heavy atom. The second kappa shape index (κ2) is 8.27. The van der Waals surface area contributed by atoms with Crippen LogP contribution >= 0.6 is 11.8 Å². The Morgan fingerprint density at radius 2 is 1.81 bits per heavy atom. The van der Waals surface area contributed by atoms with Crippen LogP contribution < -0.4 is 11.1 Å². The Morgan fingerprint density at radius 1 is 1.12 bits per heavy atom. The molecule has 136 valence electrons. The second-order valence-electron chi connectivity index (χ2n) is 6.35. The minimum atomic E-state index is -0.114. The number of carbonyl (C=O) groups is 2. The molecule has 0 spiro atoms. The molecule has 0 unspecified atom stereocenters. The Hall–Kier alpha value is -2.47. The van der Waals surface area contributed by atoms with E-state index in [1.54, 1.807) is 12.1 Å². The van der Waals surface area contributed by atoms with Crippen molar-refractivity contribution in [2.24, 2.45) is 0 Å². The maximum Gasteiger partial charge on any atom is 0.254 e. The lowest BCUT2D eigenvalue weighted by Gasteiger charge is -2.27. The predicted octanol–water partition coefficient (Wildman–Crippen LogP) is 2.95. The van der Waals surface area contributed by atoms with Gasteiger partial charge >= 0.3 is 0 Å². The molecule has 0 atom stereocenters. The van der Waals surface area contributed by atoms with E-state index in [9.17, 15) is 9.59 Å². The third kappa shape index (κ3) is 4.38. The predicted molar refractivity (Wildman–Crippen MR) is 108 cm³/mol. The summed E-state index contributed by atoms with van der Waals surface area (Å²) >= 11 is 1.87. The number of nitrogen functional groups attached to an aromatic ring is 1. The highest BCUT2D eigenvalue weighted by Crippen LogP contribution is 2.22. The van der Waals surface area contributed by atoms with Crippen LogP contribution in [-0.4, -0.2) is 41.3 Å². The zero-order chi connectivity index (χ0) is 18.5. The van der Waals surface area contributed by atoms with E-state index >= 15 is 0 Å². The lowest BCUT2D eigenvalue weighted by Crippen LogP contribution is -2.38. The normalized spacial score (nSPS) is 14.1. The van der Waals surface area contributed by atoms with Crippen LogP contribution in [-0.2, 0) is 11.2 Å². The van der Waals surface area contributed by atoms with Gasteiger partial charge in [0.05, 0.1) is 6.42 Å². The summed E-state index contributed by atoms with van der Waals surface area (Å²) in [4.78, 5) is 27.0. The number of nitrogens with one attached hydrogen (secondary N) is 1. The maximum atomic E-state index is 12.8. The van der Waals surface area contributed by atoms with Crippen molar-refractivity contribution < 1.29 is 9.59 Å². The van der Waals surface area contributed by atoms with Crippen molar-refractivity contribution in [1.29, 1.82) is 0 Å². The number of thioether (sulfide) groups is 1. The van der Waals surface area contributed by atoms with Crippen LogP contribution in [0.4, 0.5) is 11.4 Å². The van der Waals surface area contributed by atoms with Gasteiger partial charge in [-0.3, -0.25) is 9.59 Å². The van der Waals surface area contributed by atoms with Crippen molar-refractivity contribution in [1.82, 2.24) is 4.90 Å². The summed E-state index contributed by atoms with van der Waals surface area (Å²) in [6.45, 7) is 3.43. The van der Waals surface area contributed by atoms with Crippen LogP contribution in [0.25, 0.3) is 0 Å². The average molecular weight is 369 g/mol. The SMILES string of the molecule is Cc1c(NC(=O)Cc2ccc(N)cc2)cccc1C(=O)N1CCSCC1. The van der Waals surface area contributed by atoms with E-state index in [1.165, 1.54) is 0 Å². The van der Waals surface area contributed by atoms with Gasteiger partial charge in [0.15, 0.2) is 0 Å². The van der Waals surface area contributed by atoms with Gasteiger partial charge in [-0.25, -0.2) is 0 Å². The number of benzene rings is 2. The van der Waals surface area contributed by atoms with Gasteiger partial charge in [0.2, 0.25) is 5.91 Å². The molecule has 3 rings (SSSR count). The molecule has 1 fully saturated rings. The minimum Gasteiger partial charge on any atom is -0.399 e. The Kier molecular flexibility index (Phi) is 5.83. The number of rotatable bonds is 4. The fraction of sp³-hybridized carbons (Fsp3) is 0.300. The summed E-state index contributed by atoms with van der Waals surface area (Å²) in [6.07, 6.45) is 0.265. The molecule has 2 aromatic rings. The van der Waals surface area contributed by atoms with Gasteiger partial charge in [0, 0.05) is 41.5 Å². The van der Waals surface area contributed by atoms with Crippen molar-refractivity contribution in [3.05, 3.63) is 59.2 Å². The molecule has 1 aliphatic rings. The molecule has 2 amide bonds. The fourth-order valence-corrected chi connectivity index (χ4v) is 3.86. The number of amides is 2. The van der Waals surface area contributed by atoms with Crippen molar-refractivity contribution in [2.45, 2.75) is 13.3 Å².